The van der Waals surface area contributed by atoms with Crippen LogP contribution in [0.25, 0.3) is 0 Å². The lowest BCUT2D eigenvalue weighted by Gasteiger charge is -2.45. The van der Waals surface area contributed by atoms with E-state index < -0.39 is 6.10 Å². The van der Waals surface area contributed by atoms with Crippen molar-refractivity contribution in [2.75, 3.05) is 6.54 Å². The van der Waals surface area contributed by atoms with Crippen molar-refractivity contribution < 1.29 is 14.3 Å². The van der Waals surface area contributed by atoms with Gasteiger partial charge in [-0.3, -0.25) is 4.79 Å². The second-order valence-corrected chi connectivity index (χ2v) is 9.00. The number of unbranched alkanes of at least 4 members (excludes halogenated alkanes) is 1. The maximum atomic E-state index is 13.4. The molecular weight excluding hydrogens is 421 g/mol. The first kappa shape index (κ1) is 21.4. The highest BCUT2D eigenvalue weighted by atomic mass is 35.5. The third-order valence-electron chi connectivity index (χ3n) is 5.82. The number of benzene rings is 2. The number of morpholine rings is 1. The molecule has 3 atom stereocenters. The van der Waals surface area contributed by atoms with E-state index in [1.54, 1.807) is 0 Å². The van der Waals surface area contributed by atoms with Crippen LogP contribution < -0.4 is 0 Å². The van der Waals surface area contributed by atoms with Gasteiger partial charge in [-0.2, -0.15) is 0 Å². The summed E-state index contributed by atoms with van der Waals surface area (Å²) in [5.41, 5.74) is 1.93. The van der Waals surface area contributed by atoms with Crippen LogP contribution in [0.3, 0.4) is 0 Å². The summed E-state index contributed by atoms with van der Waals surface area (Å²) in [6.45, 7) is 0.719. The van der Waals surface area contributed by atoms with Crippen molar-refractivity contribution in [3.05, 3.63) is 69.7 Å². The zero-order valence-corrected chi connectivity index (χ0v) is 18.2. The van der Waals surface area contributed by atoms with Gasteiger partial charge in [0.2, 0.25) is 0 Å². The lowest BCUT2D eigenvalue weighted by molar-refractivity contribution is -0.175. The van der Waals surface area contributed by atoms with Crippen LogP contribution in [0.4, 0.5) is 0 Å². The standard InChI is InChI=1S/C24H25Cl2NO3/c25-19-11-9-17(10-12-19)22-23(18-4-3-5-20(26)14-18)30-21(6-1-2-13-28)24(29)27(22)15-16-7-8-16/h3-5,9-14,16,21-23H,1-2,6-8,15H2/t21-,22+,23-/m0/s1. The zero-order valence-electron chi connectivity index (χ0n) is 16.7. The monoisotopic (exact) mass is 445 g/mol. The molecule has 1 heterocycles. The van der Waals surface area contributed by atoms with E-state index in [0.29, 0.717) is 35.2 Å². The number of aldehydes is 1. The van der Waals surface area contributed by atoms with Gasteiger partial charge in [-0.05, 0) is 67.0 Å². The number of hydrogen-bond acceptors (Lipinski definition) is 3. The first-order valence-electron chi connectivity index (χ1n) is 10.5. The Labute approximate surface area is 187 Å². The Kier molecular flexibility index (Phi) is 6.77. The largest absolute Gasteiger partial charge is 0.358 e. The third kappa shape index (κ3) is 4.88. The number of rotatable bonds is 8. The van der Waals surface area contributed by atoms with Crippen LogP contribution >= 0.6 is 23.2 Å². The number of carbonyl (C=O) groups excluding carboxylic acids is 2. The average Bonchev–Trinajstić information content (AvgIpc) is 3.56. The molecule has 2 aromatic carbocycles. The molecule has 0 N–H and O–H groups in total. The summed E-state index contributed by atoms with van der Waals surface area (Å²) in [4.78, 5) is 26.2. The third-order valence-corrected chi connectivity index (χ3v) is 6.31. The Morgan fingerprint density at radius 2 is 1.80 bits per heavy atom. The van der Waals surface area contributed by atoms with Crippen LogP contribution in [0, 0.1) is 5.92 Å². The van der Waals surface area contributed by atoms with E-state index in [4.69, 9.17) is 27.9 Å². The molecular formula is C24H25Cl2NO3. The van der Waals surface area contributed by atoms with Crippen molar-refractivity contribution in [1.29, 1.82) is 0 Å². The highest BCUT2D eigenvalue weighted by Crippen LogP contribution is 2.45. The molecule has 1 aliphatic carbocycles. The van der Waals surface area contributed by atoms with E-state index in [0.717, 1.165) is 36.8 Å². The zero-order chi connectivity index (χ0) is 21.1. The molecule has 0 bridgehead atoms. The normalized spacial score (nSPS) is 24.1. The summed E-state index contributed by atoms with van der Waals surface area (Å²) < 4.78 is 6.42. The lowest BCUT2D eigenvalue weighted by atomic mass is 9.90. The highest BCUT2D eigenvalue weighted by molar-refractivity contribution is 6.30. The summed E-state index contributed by atoms with van der Waals surface area (Å²) in [5.74, 6) is 0.545. The molecule has 4 rings (SSSR count). The predicted molar refractivity (Wildman–Crippen MR) is 118 cm³/mol. The molecule has 6 heteroatoms. The minimum absolute atomic E-state index is 0.00558. The number of ether oxygens (including phenoxy) is 1. The summed E-state index contributed by atoms with van der Waals surface area (Å²) in [7, 11) is 0. The van der Waals surface area contributed by atoms with E-state index >= 15 is 0 Å². The molecule has 30 heavy (non-hydrogen) atoms. The molecule has 1 saturated carbocycles. The summed E-state index contributed by atoms with van der Waals surface area (Å²) in [6, 6.07) is 15.0. The van der Waals surface area contributed by atoms with Gasteiger partial charge in [0.25, 0.3) is 5.91 Å². The molecule has 0 spiro atoms. The first-order valence-corrected chi connectivity index (χ1v) is 11.2. The molecule has 2 aliphatic rings. The molecule has 158 valence electrons. The van der Waals surface area contributed by atoms with Gasteiger partial charge in [0.15, 0.2) is 0 Å². The molecule has 0 unspecified atom stereocenters. The number of amides is 1. The van der Waals surface area contributed by atoms with Gasteiger partial charge in [-0.25, -0.2) is 0 Å². The fourth-order valence-corrected chi connectivity index (χ4v) is 4.44. The number of carbonyl (C=O) groups is 2. The van der Waals surface area contributed by atoms with Gasteiger partial charge in [-0.1, -0.05) is 47.5 Å². The van der Waals surface area contributed by atoms with E-state index in [2.05, 4.69) is 0 Å². The van der Waals surface area contributed by atoms with Crippen LogP contribution in [-0.2, 0) is 14.3 Å². The summed E-state index contributed by atoms with van der Waals surface area (Å²) in [6.07, 6.45) is 3.87. The molecule has 0 aromatic heterocycles. The van der Waals surface area contributed by atoms with Gasteiger partial charge in [0.05, 0.1) is 6.04 Å². The first-order chi connectivity index (χ1) is 14.6. The average molecular weight is 446 g/mol. The molecule has 1 amide bonds. The molecule has 0 radical (unpaired) electrons. The van der Waals surface area contributed by atoms with Crippen molar-refractivity contribution >= 4 is 35.4 Å². The van der Waals surface area contributed by atoms with Crippen molar-refractivity contribution in [2.24, 2.45) is 5.92 Å². The van der Waals surface area contributed by atoms with Crippen LogP contribution in [0.1, 0.15) is 55.4 Å². The number of halogens is 2. The van der Waals surface area contributed by atoms with Crippen LogP contribution in [-0.4, -0.2) is 29.7 Å². The minimum Gasteiger partial charge on any atom is -0.358 e. The topological polar surface area (TPSA) is 46.6 Å². The minimum atomic E-state index is -0.559. The van der Waals surface area contributed by atoms with E-state index in [9.17, 15) is 9.59 Å². The second-order valence-electron chi connectivity index (χ2n) is 8.13. The Morgan fingerprint density at radius 3 is 2.47 bits per heavy atom. The highest BCUT2D eigenvalue weighted by Gasteiger charge is 2.45. The predicted octanol–water partition coefficient (Wildman–Crippen LogP) is 5.78. The van der Waals surface area contributed by atoms with Gasteiger partial charge in [0.1, 0.15) is 18.5 Å². The van der Waals surface area contributed by atoms with Gasteiger partial charge in [0, 0.05) is 23.0 Å². The SMILES string of the molecule is O=CCCC[C@@H]1O[C@@H](c2cccc(Cl)c2)[C@@H](c2ccc(Cl)cc2)N(CC2CC2)C1=O. The van der Waals surface area contributed by atoms with Crippen LogP contribution in [0.5, 0.6) is 0 Å². The Bertz CT molecular complexity index is 898. The summed E-state index contributed by atoms with van der Waals surface area (Å²) >= 11 is 12.4. The Morgan fingerprint density at radius 1 is 1.03 bits per heavy atom. The van der Waals surface area contributed by atoms with Crippen molar-refractivity contribution in [1.82, 2.24) is 4.90 Å². The summed E-state index contributed by atoms with van der Waals surface area (Å²) in [5, 5.41) is 1.29. The molecule has 2 aromatic rings. The van der Waals surface area contributed by atoms with Crippen LogP contribution in [0.15, 0.2) is 48.5 Å². The van der Waals surface area contributed by atoms with Crippen molar-refractivity contribution in [3.63, 3.8) is 0 Å². The molecule has 4 nitrogen and oxygen atoms in total. The van der Waals surface area contributed by atoms with E-state index in [1.807, 2.05) is 53.4 Å². The second kappa shape index (κ2) is 9.51. The van der Waals surface area contributed by atoms with Gasteiger partial charge in [-0.15, -0.1) is 0 Å². The van der Waals surface area contributed by atoms with Crippen molar-refractivity contribution in [2.45, 2.75) is 50.4 Å². The lowest BCUT2D eigenvalue weighted by Crippen LogP contribution is -2.51. The smallest absolute Gasteiger partial charge is 0.252 e. The van der Waals surface area contributed by atoms with Gasteiger partial charge >= 0.3 is 0 Å². The van der Waals surface area contributed by atoms with E-state index in [-0.39, 0.29) is 18.1 Å². The maximum absolute atomic E-state index is 13.4. The van der Waals surface area contributed by atoms with Gasteiger partial charge < -0.3 is 14.4 Å². The fourth-order valence-electron chi connectivity index (χ4n) is 4.11. The number of hydrogen-bond donors (Lipinski definition) is 0. The Balaban J connectivity index is 1.73. The van der Waals surface area contributed by atoms with Crippen molar-refractivity contribution in [3.8, 4) is 0 Å². The fraction of sp³-hybridized carbons (Fsp3) is 0.417. The number of nitrogens with zero attached hydrogens (tertiary/aromatic N) is 1. The molecule has 1 saturated heterocycles. The van der Waals surface area contributed by atoms with Crippen LogP contribution in [0.2, 0.25) is 10.0 Å². The molecule has 2 fully saturated rings. The quantitative estimate of drug-likeness (QED) is 0.381. The molecule has 1 aliphatic heterocycles. The maximum Gasteiger partial charge on any atom is 0.252 e. The Hall–Kier alpha value is -1.88. The van der Waals surface area contributed by atoms with E-state index in [1.165, 1.54) is 0 Å².